The van der Waals surface area contributed by atoms with Gasteiger partial charge >= 0.3 is 6.09 Å². The van der Waals surface area contributed by atoms with Gasteiger partial charge in [-0.25, -0.2) is 14.7 Å². The van der Waals surface area contributed by atoms with E-state index in [1.807, 2.05) is 13.8 Å². The van der Waals surface area contributed by atoms with Gasteiger partial charge in [0, 0.05) is 12.3 Å². The Bertz CT molecular complexity index is 569. The molecule has 1 aromatic rings. The predicted octanol–water partition coefficient (Wildman–Crippen LogP) is 2.60. The number of rotatable bonds is 6. The van der Waals surface area contributed by atoms with Gasteiger partial charge in [-0.3, -0.25) is 4.79 Å². The Balaban J connectivity index is 2.91. The van der Waals surface area contributed by atoms with Crippen LogP contribution >= 0.6 is 0 Å². The number of carbonyl (C=O) groups excluding carboxylic acids is 2. The van der Waals surface area contributed by atoms with E-state index in [2.05, 4.69) is 4.98 Å². The number of ether oxygens (including phenoxy) is 2. The highest BCUT2D eigenvalue weighted by Crippen LogP contribution is 2.16. The summed E-state index contributed by atoms with van der Waals surface area (Å²) in [6.45, 7) is 10.7. The van der Waals surface area contributed by atoms with Crippen LogP contribution in [0, 0.1) is 5.92 Å². The molecule has 1 rings (SSSR count). The van der Waals surface area contributed by atoms with Gasteiger partial charge in [0.1, 0.15) is 12.2 Å². The van der Waals surface area contributed by atoms with Crippen molar-refractivity contribution in [1.29, 1.82) is 0 Å². The average molecular weight is 351 g/mol. The van der Waals surface area contributed by atoms with E-state index in [0.717, 1.165) is 4.90 Å². The zero-order valence-electron chi connectivity index (χ0n) is 15.9. The van der Waals surface area contributed by atoms with Crippen LogP contribution in [0.25, 0.3) is 0 Å². The molecule has 0 bridgehead atoms. The number of hydrogen-bond donors (Lipinski definition) is 1. The van der Waals surface area contributed by atoms with Crippen molar-refractivity contribution >= 4 is 12.0 Å². The first-order valence-corrected chi connectivity index (χ1v) is 8.38. The first kappa shape index (κ1) is 20.9. The summed E-state index contributed by atoms with van der Waals surface area (Å²) in [5, 5.41) is 0. The van der Waals surface area contributed by atoms with Crippen molar-refractivity contribution in [2.75, 3.05) is 6.61 Å². The Morgan fingerprint density at radius 2 is 1.88 bits per heavy atom. The van der Waals surface area contributed by atoms with Crippen LogP contribution in [-0.2, 0) is 9.53 Å². The maximum Gasteiger partial charge on any atom is 0.417 e. The number of nitrogens with zero attached hydrogens (tertiary/aromatic N) is 2. The van der Waals surface area contributed by atoms with Gasteiger partial charge in [0.05, 0.1) is 12.1 Å². The van der Waals surface area contributed by atoms with Crippen molar-refractivity contribution in [3.63, 3.8) is 0 Å². The summed E-state index contributed by atoms with van der Waals surface area (Å²) in [5.41, 5.74) is 5.23. The summed E-state index contributed by atoms with van der Waals surface area (Å²) in [7, 11) is 0. The van der Waals surface area contributed by atoms with Crippen LogP contribution in [0.15, 0.2) is 24.4 Å². The number of carbonyl (C=O) groups is 2. The molecule has 2 atom stereocenters. The smallest absolute Gasteiger partial charge is 0.417 e. The van der Waals surface area contributed by atoms with Gasteiger partial charge in [-0.15, -0.1) is 0 Å². The van der Waals surface area contributed by atoms with E-state index in [0.29, 0.717) is 5.88 Å². The lowest BCUT2D eigenvalue weighted by Crippen LogP contribution is -2.55. The van der Waals surface area contributed by atoms with Crippen LogP contribution in [-0.4, -0.2) is 46.2 Å². The molecule has 140 valence electrons. The molecule has 0 spiro atoms. The largest absolute Gasteiger partial charge is 0.475 e. The topological polar surface area (TPSA) is 94.8 Å². The van der Waals surface area contributed by atoms with E-state index in [-0.39, 0.29) is 12.5 Å². The van der Waals surface area contributed by atoms with Crippen molar-refractivity contribution in [2.45, 2.75) is 59.2 Å². The standard InChI is InChI=1S/C18H29N3O4/c1-12(2)15(19)16(22)21(17(23)25-18(4,5)6)13(3)11-24-14-9-7-8-10-20-14/h7-10,12-13,15H,11,19H2,1-6H3/t13?,15-/m0/s1. The number of nitrogens with two attached hydrogens (primary N) is 1. The first-order valence-electron chi connectivity index (χ1n) is 8.38. The molecule has 0 saturated carbocycles. The van der Waals surface area contributed by atoms with Crippen molar-refractivity contribution in [3.8, 4) is 5.88 Å². The Hall–Kier alpha value is -2.15. The minimum Gasteiger partial charge on any atom is -0.475 e. The molecule has 0 fully saturated rings. The number of amides is 2. The van der Waals surface area contributed by atoms with Crippen LogP contribution in [0.2, 0.25) is 0 Å². The summed E-state index contributed by atoms with van der Waals surface area (Å²) >= 11 is 0. The number of aromatic nitrogens is 1. The third-order valence-electron chi connectivity index (χ3n) is 3.38. The molecule has 0 aliphatic rings. The fourth-order valence-electron chi connectivity index (χ4n) is 1.96. The molecule has 1 unspecified atom stereocenters. The molecule has 7 nitrogen and oxygen atoms in total. The average Bonchev–Trinajstić information content (AvgIpc) is 2.51. The van der Waals surface area contributed by atoms with Gasteiger partial charge in [0.15, 0.2) is 0 Å². The Kier molecular flexibility index (Phi) is 7.36. The fraction of sp³-hybridized carbons (Fsp3) is 0.611. The first-order chi connectivity index (χ1) is 11.5. The maximum atomic E-state index is 12.7. The molecule has 2 amide bonds. The van der Waals surface area contributed by atoms with E-state index < -0.39 is 29.7 Å². The summed E-state index contributed by atoms with van der Waals surface area (Å²) in [6, 6.07) is 3.90. The number of hydrogen-bond acceptors (Lipinski definition) is 6. The fourth-order valence-corrected chi connectivity index (χ4v) is 1.96. The van der Waals surface area contributed by atoms with Gasteiger partial charge in [-0.05, 0) is 39.7 Å². The van der Waals surface area contributed by atoms with Gasteiger partial charge in [-0.1, -0.05) is 19.9 Å². The van der Waals surface area contributed by atoms with Crippen LogP contribution in [0.3, 0.4) is 0 Å². The van der Waals surface area contributed by atoms with Crippen molar-refractivity contribution < 1.29 is 19.1 Å². The zero-order chi connectivity index (χ0) is 19.2. The van der Waals surface area contributed by atoms with E-state index in [4.69, 9.17) is 15.2 Å². The van der Waals surface area contributed by atoms with Gasteiger partial charge in [-0.2, -0.15) is 0 Å². The van der Waals surface area contributed by atoms with Gasteiger partial charge < -0.3 is 15.2 Å². The summed E-state index contributed by atoms with van der Waals surface area (Å²) < 4.78 is 10.9. The summed E-state index contributed by atoms with van der Waals surface area (Å²) in [6.07, 6.45) is 0.872. The minimum atomic E-state index is -0.801. The molecule has 2 N–H and O–H groups in total. The molecule has 1 heterocycles. The zero-order valence-corrected chi connectivity index (χ0v) is 15.9. The summed E-state index contributed by atoms with van der Waals surface area (Å²) in [4.78, 5) is 30.3. The Morgan fingerprint density at radius 3 is 2.36 bits per heavy atom. The third kappa shape index (κ3) is 6.70. The Morgan fingerprint density at radius 1 is 1.24 bits per heavy atom. The second kappa shape index (κ2) is 8.80. The lowest BCUT2D eigenvalue weighted by atomic mass is 10.0. The van der Waals surface area contributed by atoms with E-state index >= 15 is 0 Å². The summed E-state index contributed by atoms with van der Waals surface area (Å²) in [5.74, 6) is -0.179. The molecule has 1 aromatic heterocycles. The molecule has 0 radical (unpaired) electrons. The highest BCUT2D eigenvalue weighted by atomic mass is 16.6. The Labute approximate surface area is 149 Å². The quantitative estimate of drug-likeness (QED) is 0.846. The van der Waals surface area contributed by atoms with Crippen LogP contribution in [0.5, 0.6) is 5.88 Å². The number of pyridine rings is 1. The highest BCUT2D eigenvalue weighted by molar-refractivity contribution is 5.95. The van der Waals surface area contributed by atoms with Crippen LogP contribution in [0.1, 0.15) is 41.5 Å². The van der Waals surface area contributed by atoms with Gasteiger partial charge in [0.2, 0.25) is 11.8 Å². The lowest BCUT2D eigenvalue weighted by molar-refractivity contribution is -0.135. The molecular formula is C18H29N3O4. The van der Waals surface area contributed by atoms with Crippen LogP contribution < -0.4 is 10.5 Å². The second-order valence-corrected chi connectivity index (χ2v) is 7.29. The van der Waals surface area contributed by atoms with Crippen LogP contribution in [0.4, 0.5) is 4.79 Å². The second-order valence-electron chi connectivity index (χ2n) is 7.29. The molecule has 25 heavy (non-hydrogen) atoms. The van der Waals surface area contributed by atoms with E-state index in [9.17, 15) is 9.59 Å². The molecule has 0 saturated heterocycles. The molecule has 0 aromatic carbocycles. The van der Waals surface area contributed by atoms with E-state index in [1.54, 1.807) is 52.1 Å². The number of imide groups is 1. The normalized spacial score (nSPS) is 13.9. The monoisotopic (exact) mass is 351 g/mol. The van der Waals surface area contributed by atoms with Crippen molar-refractivity contribution in [3.05, 3.63) is 24.4 Å². The van der Waals surface area contributed by atoms with Crippen molar-refractivity contribution in [1.82, 2.24) is 9.88 Å². The molecular weight excluding hydrogens is 322 g/mol. The highest BCUT2D eigenvalue weighted by Gasteiger charge is 2.35. The van der Waals surface area contributed by atoms with E-state index in [1.165, 1.54) is 0 Å². The third-order valence-corrected chi connectivity index (χ3v) is 3.38. The lowest BCUT2D eigenvalue weighted by Gasteiger charge is -2.32. The van der Waals surface area contributed by atoms with Gasteiger partial charge in [0.25, 0.3) is 0 Å². The molecule has 0 aliphatic heterocycles. The SMILES string of the molecule is CC(C)[C@H](N)C(=O)N(C(=O)OC(C)(C)C)C(C)COc1ccccn1. The molecule has 7 heteroatoms. The molecule has 0 aliphatic carbocycles. The predicted molar refractivity (Wildman–Crippen MR) is 95.1 cm³/mol. The minimum absolute atomic E-state index is 0.0901. The maximum absolute atomic E-state index is 12.7. The van der Waals surface area contributed by atoms with Crippen molar-refractivity contribution in [2.24, 2.45) is 11.7 Å².